The third-order valence-corrected chi connectivity index (χ3v) is 9.19. The van der Waals surface area contributed by atoms with Crippen LogP contribution in [0.5, 0.6) is 5.75 Å². The van der Waals surface area contributed by atoms with Crippen molar-refractivity contribution < 1.29 is 18.3 Å². The van der Waals surface area contributed by atoms with Gasteiger partial charge in [-0.05, 0) is 41.8 Å². The highest BCUT2D eigenvalue weighted by molar-refractivity contribution is 7.91. The standard InChI is InChI=1S/C30H34N4O5S/c35-29-28(32-21-33-30(29)36)17-26(18-31-27-11-16-40(37,38)20-27)25-9-7-23(8-10-25)2-1-22-3-5-24(6-4-22)19-34-12-14-39-15-13-34/h3-10,21,26-27,31,35H,11-20H2,(H,32,33,36)/t26-,27+/m1/s1. The highest BCUT2D eigenvalue weighted by Crippen LogP contribution is 2.24. The summed E-state index contributed by atoms with van der Waals surface area (Å²) >= 11 is 0. The number of sulfone groups is 1. The fourth-order valence-electron chi connectivity index (χ4n) is 5.08. The zero-order valence-corrected chi connectivity index (χ0v) is 23.1. The first-order chi connectivity index (χ1) is 19.3. The summed E-state index contributed by atoms with van der Waals surface area (Å²) in [6.07, 6.45) is 2.18. The lowest BCUT2D eigenvalue weighted by atomic mass is 9.92. The van der Waals surface area contributed by atoms with Crippen LogP contribution in [-0.4, -0.2) is 78.8 Å². The van der Waals surface area contributed by atoms with E-state index in [1.807, 2.05) is 36.4 Å². The van der Waals surface area contributed by atoms with E-state index in [1.54, 1.807) is 0 Å². The quantitative estimate of drug-likeness (QED) is 0.355. The molecular formula is C30H34N4O5S. The Morgan fingerprint density at radius 1 is 1.07 bits per heavy atom. The summed E-state index contributed by atoms with van der Waals surface area (Å²) in [5, 5.41) is 13.6. The van der Waals surface area contributed by atoms with E-state index >= 15 is 0 Å². The molecule has 40 heavy (non-hydrogen) atoms. The van der Waals surface area contributed by atoms with Gasteiger partial charge in [-0.2, -0.15) is 0 Å². The number of nitrogens with one attached hydrogen (secondary N) is 2. The molecule has 9 nitrogen and oxygen atoms in total. The van der Waals surface area contributed by atoms with E-state index in [0.717, 1.165) is 49.5 Å². The summed E-state index contributed by atoms with van der Waals surface area (Å²) in [4.78, 5) is 20.8. The predicted molar refractivity (Wildman–Crippen MR) is 153 cm³/mol. The Labute approximate surface area is 234 Å². The third kappa shape index (κ3) is 7.58. The van der Waals surface area contributed by atoms with Crippen LogP contribution in [-0.2, 0) is 27.5 Å². The zero-order chi connectivity index (χ0) is 28.0. The summed E-state index contributed by atoms with van der Waals surface area (Å²) in [7, 11) is -3.01. The Morgan fingerprint density at radius 2 is 1.75 bits per heavy atom. The number of aromatic hydroxyl groups is 1. The Hall–Kier alpha value is -3.49. The molecule has 0 spiro atoms. The first kappa shape index (κ1) is 28.1. The second kappa shape index (κ2) is 12.8. The number of rotatable bonds is 8. The van der Waals surface area contributed by atoms with E-state index in [-0.39, 0.29) is 23.5 Å². The largest absolute Gasteiger partial charge is 0.502 e. The summed E-state index contributed by atoms with van der Waals surface area (Å²) in [6.45, 7) is 4.88. The van der Waals surface area contributed by atoms with E-state index in [4.69, 9.17) is 4.74 Å². The molecule has 210 valence electrons. The lowest BCUT2D eigenvalue weighted by molar-refractivity contribution is 0.0342. The molecule has 0 amide bonds. The van der Waals surface area contributed by atoms with Crippen LogP contribution in [0.2, 0.25) is 0 Å². The molecule has 5 rings (SSSR count). The number of benzene rings is 2. The normalized spacial score (nSPS) is 19.6. The van der Waals surface area contributed by atoms with Crippen molar-refractivity contribution in [2.24, 2.45) is 0 Å². The molecule has 3 aromatic rings. The van der Waals surface area contributed by atoms with E-state index < -0.39 is 21.1 Å². The summed E-state index contributed by atoms with van der Waals surface area (Å²) in [5.74, 6) is 6.24. The lowest BCUT2D eigenvalue weighted by Gasteiger charge is -2.26. The van der Waals surface area contributed by atoms with Gasteiger partial charge in [0.25, 0.3) is 5.56 Å². The van der Waals surface area contributed by atoms with Crippen molar-refractivity contribution in [3.63, 3.8) is 0 Å². The second-order valence-corrected chi connectivity index (χ2v) is 12.6. The van der Waals surface area contributed by atoms with Crippen LogP contribution < -0.4 is 10.9 Å². The van der Waals surface area contributed by atoms with E-state index in [9.17, 15) is 18.3 Å². The maximum absolute atomic E-state index is 11.9. The molecule has 2 atom stereocenters. The number of hydrogen-bond acceptors (Lipinski definition) is 8. The molecular weight excluding hydrogens is 528 g/mol. The lowest BCUT2D eigenvalue weighted by Crippen LogP contribution is -2.35. The van der Waals surface area contributed by atoms with Crippen LogP contribution in [0.3, 0.4) is 0 Å². The first-order valence-corrected chi connectivity index (χ1v) is 15.4. The Morgan fingerprint density at radius 3 is 2.40 bits per heavy atom. The number of H-pyrrole nitrogens is 1. The highest BCUT2D eigenvalue weighted by atomic mass is 32.2. The van der Waals surface area contributed by atoms with Gasteiger partial charge in [0.2, 0.25) is 5.75 Å². The molecule has 2 aromatic carbocycles. The maximum Gasteiger partial charge on any atom is 0.293 e. The molecule has 3 N–H and O–H groups in total. The van der Waals surface area contributed by atoms with Crippen LogP contribution in [0, 0.1) is 11.8 Å². The van der Waals surface area contributed by atoms with Crippen LogP contribution in [0.25, 0.3) is 0 Å². The number of aromatic amines is 1. The van der Waals surface area contributed by atoms with Crippen molar-refractivity contribution in [2.45, 2.75) is 31.3 Å². The fourth-order valence-corrected chi connectivity index (χ4v) is 6.79. The van der Waals surface area contributed by atoms with Gasteiger partial charge < -0.3 is 20.1 Å². The van der Waals surface area contributed by atoms with Crippen LogP contribution in [0.15, 0.2) is 59.7 Å². The van der Waals surface area contributed by atoms with Crippen LogP contribution >= 0.6 is 0 Å². The molecule has 10 heteroatoms. The number of morpholine rings is 1. The average Bonchev–Trinajstić information content (AvgIpc) is 3.32. The second-order valence-electron chi connectivity index (χ2n) is 10.4. The zero-order valence-electron chi connectivity index (χ0n) is 22.3. The molecule has 0 saturated carbocycles. The molecule has 1 aromatic heterocycles. The molecule has 2 aliphatic heterocycles. The number of aromatic nitrogens is 2. The van der Waals surface area contributed by atoms with Gasteiger partial charge >= 0.3 is 0 Å². The topological polar surface area (TPSA) is 125 Å². The van der Waals surface area contributed by atoms with Gasteiger partial charge in [-0.25, -0.2) is 13.4 Å². The maximum atomic E-state index is 11.9. The fraction of sp³-hybridized carbons (Fsp3) is 0.400. The van der Waals surface area contributed by atoms with Crippen molar-refractivity contribution in [3.05, 3.63) is 93.2 Å². The minimum atomic E-state index is -3.01. The molecule has 0 bridgehead atoms. The van der Waals surface area contributed by atoms with E-state index in [1.165, 1.54) is 11.9 Å². The number of nitrogens with zero attached hydrogens (tertiary/aromatic N) is 2. The van der Waals surface area contributed by atoms with E-state index in [0.29, 0.717) is 25.1 Å². The summed E-state index contributed by atoms with van der Waals surface area (Å²) < 4.78 is 29.2. The minimum absolute atomic E-state index is 0.112. The van der Waals surface area contributed by atoms with Gasteiger partial charge in [-0.1, -0.05) is 36.1 Å². The van der Waals surface area contributed by atoms with Crippen molar-refractivity contribution in [1.29, 1.82) is 0 Å². The molecule has 0 unspecified atom stereocenters. The smallest absolute Gasteiger partial charge is 0.293 e. The first-order valence-electron chi connectivity index (χ1n) is 13.5. The Bertz CT molecular complexity index is 1520. The predicted octanol–water partition coefficient (Wildman–Crippen LogP) is 1.81. The highest BCUT2D eigenvalue weighted by Gasteiger charge is 2.28. The SMILES string of the molecule is O=c1[nH]cnc(C[C@H](CN[C@H]2CCS(=O)(=O)C2)c2ccc(C#Cc3ccc(CN4CCOCC4)cc3)cc2)c1O. The van der Waals surface area contributed by atoms with Crippen molar-refractivity contribution in [1.82, 2.24) is 20.2 Å². The van der Waals surface area contributed by atoms with E-state index in [2.05, 4.69) is 44.2 Å². The van der Waals surface area contributed by atoms with Gasteiger partial charge in [0.15, 0.2) is 9.84 Å². The van der Waals surface area contributed by atoms with Gasteiger partial charge in [0.1, 0.15) is 0 Å². The van der Waals surface area contributed by atoms with Crippen molar-refractivity contribution in [3.8, 4) is 17.6 Å². The minimum Gasteiger partial charge on any atom is -0.502 e. The monoisotopic (exact) mass is 562 g/mol. The van der Waals surface area contributed by atoms with Crippen molar-refractivity contribution in [2.75, 3.05) is 44.4 Å². The number of ether oxygens (including phenoxy) is 1. The third-order valence-electron chi connectivity index (χ3n) is 7.43. The molecule has 2 aliphatic rings. The van der Waals surface area contributed by atoms with Gasteiger partial charge in [0, 0.05) is 55.7 Å². The molecule has 3 heterocycles. The van der Waals surface area contributed by atoms with Crippen LogP contribution in [0.1, 0.15) is 40.3 Å². The van der Waals surface area contributed by atoms with Gasteiger partial charge in [-0.3, -0.25) is 9.69 Å². The molecule has 2 fully saturated rings. The molecule has 0 aliphatic carbocycles. The van der Waals surface area contributed by atoms with Gasteiger partial charge in [0.05, 0.1) is 36.7 Å². The summed E-state index contributed by atoms with van der Waals surface area (Å²) in [5.41, 5.74) is 3.76. The van der Waals surface area contributed by atoms with Crippen LogP contribution in [0.4, 0.5) is 0 Å². The molecule has 2 saturated heterocycles. The van der Waals surface area contributed by atoms with Gasteiger partial charge in [-0.15, -0.1) is 0 Å². The van der Waals surface area contributed by atoms with Crippen molar-refractivity contribution >= 4 is 9.84 Å². The number of hydrogen-bond donors (Lipinski definition) is 3. The average molecular weight is 563 g/mol. The Kier molecular flexibility index (Phi) is 8.97. The summed E-state index contributed by atoms with van der Waals surface area (Å²) in [6, 6.07) is 16.1. The molecule has 0 radical (unpaired) electrons. The Balaban J connectivity index is 1.26.